The lowest BCUT2D eigenvalue weighted by atomic mass is 9.95. The van der Waals surface area contributed by atoms with E-state index in [4.69, 9.17) is 11.6 Å². The molecule has 0 saturated carbocycles. The maximum absolute atomic E-state index is 11.2. The van der Waals surface area contributed by atoms with Crippen molar-refractivity contribution in [1.29, 1.82) is 0 Å². The minimum Gasteiger partial charge on any atom is -0.350 e. The van der Waals surface area contributed by atoms with E-state index in [1.54, 1.807) is 0 Å². The van der Waals surface area contributed by atoms with Crippen LogP contribution in [0.3, 0.4) is 0 Å². The van der Waals surface area contributed by atoms with Gasteiger partial charge in [-0.25, -0.2) is 0 Å². The summed E-state index contributed by atoms with van der Waals surface area (Å²) in [5.41, 5.74) is 2.35. The molecule has 1 rings (SSSR count). The molecule has 0 unspecified atom stereocenters. The molecule has 0 atom stereocenters. The number of aryl methyl sites for hydroxylation is 2. The van der Waals surface area contributed by atoms with Crippen LogP contribution in [-0.4, -0.2) is 17.3 Å². The van der Waals surface area contributed by atoms with Crippen molar-refractivity contribution in [2.45, 2.75) is 39.2 Å². The number of benzene rings is 1. The number of nitrogens with one attached hydrogen (secondary N) is 1. The van der Waals surface area contributed by atoms with Gasteiger partial charge in [-0.2, -0.15) is 0 Å². The predicted molar refractivity (Wildman–Crippen MR) is 72.4 cm³/mol. The molecule has 0 spiro atoms. The smallest absolute Gasteiger partial charge is 0.235 e. The Balaban J connectivity index is 2.49. The molecule has 17 heavy (non-hydrogen) atoms. The average Bonchev–Trinajstić information content (AvgIpc) is 2.28. The molecule has 0 radical (unpaired) electrons. The van der Waals surface area contributed by atoms with Crippen molar-refractivity contribution in [3.8, 4) is 0 Å². The van der Waals surface area contributed by atoms with Crippen LogP contribution in [0.4, 0.5) is 0 Å². The van der Waals surface area contributed by atoms with E-state index in [2.05, 4.69) is 36.5 Å². The monoisotopic (exact) mass is 253 g/mol. The molecule has 1 amide bonds. The van der Waals surface area contributed by atoms with Crippen LogP contribution in [0.25, 0.3) is 0 Å². The van der Waals surface area contributed by atoms with E-state index >= 15 is 0 Å². The van der Waals surface area contributed by atoms with Gasteiger partial charge in [-0.15, -0.1) is 11.6 Å². The van der Waals surface area contributed by atoms with Crippen molar-refractivity contribution in [2.75, 3.05) is 5.88 Å². The van der Waals surface area contributed by atoms with E-state index in [1.807, 2.05) is 13.8 Å². The lowest BCUT2D eigenvalue weighted by Crippen LogP contribution is -2.44. The Hall–Kier alpha value is -1.02. The van der Waals surface area contributed by atoms with E-state index in [1.165, 1.54) is 11.1 Å². The Morgan fingerprint density at radius 1 is 1.29 bits per heavy atom. The van der Waals surface area contributed by atoms with Crippen molar-refractivity contribution in [2.24, 2.45) is 0 Å². The molecule has 0 aliphatic rings. The molecule has 0 aromatic heterocycles. The van der Waals surface area contributed by atoms with Gasteiger partial charge in [0.05, 0.1) is 0 Å². The summed E-state index contributed by atoms with van der Waals surface area (Å²) in [5, 5.41) is 2.92. The van der Waals surface area contributed by atoms with Crippen LogP contribution in [0.1, 0.15) is 31.4 Å². The van der Waals surface area contributed by atoms with E-state index in [0.717, 1.165) is 12.8 Å². The second kappa shape index (κ2) is 6.06. The quantitative estimate of drug-likeness (QED) is 0.803. The first-order valence-corrected chi connectivity index (χ1v) is 6.39. The van der Waals surface area contributed by atoms with E-state index in [0.29, 0.717) is 0 Å². The topological polar surface area (TPSA) is 29.1 Å². The predicted octanol–water partition coefficient (Wildman–Crippen LogP) is 3.06. The first-order valence-electron chi connectivity index (χ1n) is 5.85. The van der Waals surface area contributed by atoms with Gasteiger partial charge in [0.2, 0.25) is 5.91 Å². The van der Waals surface area contributed by atoms with Crippen LogP contribution in [-0.2, 0) is 11.2 Å². The normalized spacial score (nSPS) is 11.3. The van der Waals surface area contributed by atoms with Crippen LogP contribution in [0, 0.1) is 6.92 Å². The Morgan fingerprint density at radius 3 is 2.41 bits per heavy atom. The number of hydrogen-bond acceptors (Lipinski definition) is 1. The SMILES string of the molecule is Cc1ccc(CCC(C)(C)NC(=O)CCl)cc1. The highest BCUT2D eigenvalue weighted by atomic mass is 35.5. The van der Waals surface area contributed by atoms with Gasteiger partial charge in [-0.1, -0.05) is 29.8 Å². The summed E-state index contributed by atoms with van der Waals surface area (Å²) in [5.74, 6) is -0.0888. The second-order valence-electron chi connectivity index (χ2n) is 5.05. The summed E-state index contributed by atoms with van der Waals surface area (Å²) in [6.07, 6.45) is 1.86. The molecule has 0 saturated heterocycles. The number of rotatable bonds is 5. The molecule has 2 nitrogen and oxygen atoms in total. The standard InChI is InChI=1S/C14H20ClNO/c1-11-4-6-12(7-5-11)8-9-14(2,3)16-13(17)10-15/h4-7H,8-10H2,1-3H3,(H,16,17). The maximum atomic E-state index is 11.2. The number of halogens is 1. The van der Waals surface area contributed by atoms with Crippen LogP contribution in [0.5, 0.6) is 0 Å². The summed E-state index contributed by atoms with van der Waals surface area (Å²) in [6.45, 7) is 6.12. The van der Waals surface area contributed by atoms with Crippen molar-refractivity contribution in [1.82, 2.24) is 5.32 Å². The molecule has 3 heteroatoms. The number of hydrogen-bond donors (Lipinski definition) is 1. The highest BCUT2D eigenvalue weighted by Crippen LogP contribution is 2.14. The molecule has 0 aliphatic carbocycles. The van der Waals surface area contributed by atoms with Gasteiger partial charge in [0.25, 0.3) is 0 Å². The number of carbonyl (C=O) groups excluding carboxylic acids is 1. The minimum atomic E-state index is -0.211. The fourth-order valence-corrected chi connectivity index (χ4v) is 1.75. The molecule has 0 heterocycles. The van der Waals surface area contributed by atoms with E-state index < -0.39 is 0 Å². The fraction of sp³-hybridized carbons (Fsp3) is 0.500. The summed E-state index contributed by atoms with van der Waals surface area (Å²) < 4.78 is 0. The zero-order valence-electron chi connectivity index (χ0n) is 10.7. The van der Waals surface area contributed by atoms with Crippen molar-refractivity contribution >= 4 is 17.5 Å². The third kappa shape index (κ3) is 5.22. The highest BCUT2D eigenvalue weighted by Gasteiger charge is 2.19. The lowest BCUT2D eigenvalue weighted by Gasteiger charge is -2.26. The zero-order valence-corrected chi connectivity index (χ0v) is 11.5. The van der Waals surface area contributed by atoms with Gasteiger partial charge in [-0.05, 0) is 39.2 Å². The van der Waals surface area contributed by atoms with Crippen molar-refractivity contribution in [3.63, 3.8) is 0 Å². The van der Waals surface area contributed by atoms with E-state index in [9.17, 15) is 4.79 Å². The first-order chi connectivity index (χ1) is 7.93. The Kier molecular flexibility index (Phi) is 5.01. The van der Waals surface area contributed by atoms with Crippen LogP contribution in [0.15, 0.2) is 24.3 Å². The summed E-state index contributed by atoms with van der Waals surface area (Å²) in [4.78, 5) is 11.2. The Bertz CT molecular complexity index is 370. The maximum Gasteiger partial charge on any atom is 0.235 e. The summed E-state index contributed by atoms with van der Waals surface area (Å²) in [7, 11) is 0. The van der Waals surface area contributed by atoms with Crippen molar-refractivity contribution in [3.05, 3.63) is 35.4 Å². The molecular weight excluding hydrogens is 234 g/mol. The number of amides is 1. The summed E-state index contributed by atoms with van der Waals surface area (Å²) >= 11 is 5.48. The molecule has 1 aromatic rings. The second-order valence-corrected chi connectivity index (χ2v) is 5.32. The molecule has 1 N–H and O–H groups in total. The van der Waals surface area contributed by atoms with Gasteiger partial charge in [0, 0.05) is 5.54 Å². The van der Waals surface area contributed by atoms with E-state index in [-0.39, 0.29) is 17.3 Å². The van der Waals surface area contributed by atoms with Gasteiger partial charge in [0.1, 0.15) is 5.88 Å². The first kappa shape index (κ1) is 14.0. The van der Waals surface area contributed by atoms with Crippen LogP contribution >= 0.6 is 11.6 Å². The van der Waals surface area contributed by atoms with Gasteiger partial charge >= 0.3 is 0 Å². The average molecular weight is 254 g/mol. The van der Waals surface area contributed by atoms with Gasteiger partial charge < -0.3 is 5.32 Å². The summed E-state index contributed by atoms with van der Waals surface area (Å²) in [6, 6.07) is 8.49. The molecule has 94 valence electrons. The zero-order chi connectivity index (χ0) is 12.9. The molecule has 1 aromatic carbocycles. The van der Waals surface area contributed by atoms with Crippen molar-refractivity contribution < 1.29 is 4.79 Å². The Labute approximate surface area is 108 Å². The van der Waals surface area contributed by atoms with Crippen LogP contribution in [0.2, 0.25) is 0 Å². The van der Waals surface area contributed by atoms with Gasteiger partial charge in [0.15, 0.2) is 0 Å². The number of alkyl halides is 1. The molecular formula is C14H20ClNO. The third-order valence-corrected chi connectivity index (χ3v) is 3.00. The fourth-order valence-electron chi connectivity index (χ4n) is 1.68. The lowest BCUT2D eigenvalue weighted by molar-refractivity contribution is -0.120. The van der Waals surface area contributed by atoms with Gasteiger partial charge in [-0.3, -0.25) is 4.79 Å². The largest absolute Gasteiger partial charge is 0.350 e. The number of carbonyl (C=O) groups is 1. The Morgan fingerprint density at radius 2 is 1.88 bits per heavy atom. The minimum absolute atomic E-state index is 0.0218. The third-order valence-electron chi connectivity index (χ3n) is 2.76. The van der Waals surface area contributed by atoms with Crippen LogP contribution < -0.4 is 5.32 Å². The molecule has 0 fully saturated rings. The highest BCUT2D eigenvalue weighted by molar-refractivity contribution is 6.27. The molecule has 0 aliphatic heterocycles. The molecule has 0 bridgehead atoms.